The average molecular weight is 426 g/mol. The Labute approximate surface area is 183 Å². The summed E-state index contributed by atoms with van der Waals surface area (Å²) in [6.07, 6.45) is 0.847. The van der Waals surface area contributed by atoms with E-state index in [2.05, 4.69) is 32.3 Å². The van der Waals surface area contributed by atoms with Crippen molar-refractivity contribution in [2.75, 3.05) is 25.2 Å². The zero-order valence-electron chi connectivity index (χ0n) is 18.3. The monoisotopic (exact) mass is 425 g/mol. The third-order valence-corrected chi connectivity index (χ3v) is 4.54. The van der Waals surface area contributed by atoms with E-state index in [1.807, 2.05) is 57.2 Å². The summed E-state index contributed by atoms with van der Waals surface area (Å²) in [6.45, 7) is 8.24. The Morgan fingerprint density at radius 1 is 1.03 bits per heavy atom. The smallest absolute Gasteiger partial charge is 0.319 e. The second kappa shape index (κ2) is 11.1. The van der Waals surface area contributed by atoms with Gasteiger partial charge in [-0.2, -0.15) is 0 Å². The van der Waals surface area contributed by atoms with Crippen molar-refractivity contribution in [1.29, 1.82) is 0 Å². The number of benzene rings is 2. The van der Waals surface area contributed by atoms with Crippen molar-refractivity contribution >= 4 is 17.7 Å². The number of carbonyl (C=O) groups is 1. The van der Waals surface area contributed by atoms with Gasteiger partial charge in [0.2, 0.25) is 6.79 Å². The molecule has 0 bridgehead atoms. The fourth-order valence-corrected chi connectivity index (χ4v) is 3.06. The van der Waals surface area contributed by atoms with E-state index in [9.17, 15) is 4.79 Å². The maximum Gasteiger partial charge on any atom is 0.319 e. The van der Waals surface area contributed by atoms with E-state index >= 15 is 0 Å². The molecular formula is C23H31N5O3. The molecule has 0 atom stereocenters. The molecule has 0 radical (unpaired) electrons. The van der Waals surface area contributed by atoms with Crippen molar-refractivity contribution in [2.24, 2.45) is 4.99 Å². The van der Waals surface area contributed by atoms with Gasteiger partial charge in [0.1, 0.15) is 0 Å². The van der Waals surface area contributed by atoms with Gasteiger partial charge in [0.25, 0.3) is 0 Å². The lowest BCUT2D eigenvalue weighted by Crippen LogP contribution is -2.38. The Bertz CT molecular complexity index is 897. The first-order valence-electron chi connectivity index (χ1n) is 10.6. The number of carbonyl (C=O) groups excluding carboxylic acids is 1. The molecule has 2 amide bonds. The van der Waals surface area contributed by atoms with Crippen molar-refractivity contribution in [3.8, 4) is 11.5 Å². The van der Waals surface area contributed by atoms with Crippen LogP contribution in [0.25, 0.3) is 0 Å². The summed E-state index contributed by atoms with van der Waals surface area (Å²) >= 11 is 0. The van der Waals surface area contributed by atoms with Crippen LogP contribution >= 0.6 is 0 Å². The highest BCUT2D eigenvalue weighted by Crippen LogP contribution is 2.32. The van der Waals surface area contributed by atoms with Crippen molar-refractivity contribution in [3.05, 3.63) is 53.6 Å². The second-order valence-corrected chi connectivity index (χ2v) is 7.51. The number of aliphatic imine (C=N–C) groups is 1. The highest BCUT2D eigenvalue weighted by Gasteiger charge is 2.13. The number of rotatable bonds is 8. The molecule has 31 heavy (non-hydrogen) atoms. The molecule has 0 aliphatic carbocycles. The molecule has 0 saturated carbocycles. The van der Waals surface area contributed by atoms with Crippen LogP contribution in [0.1, 0.15) is 31.9 Å². The molecule has 0 aromatic heterocycles. The molecule has 3 rings (SSSR count). The maximum absolute atomic E-state index is 11.8. The van der Waals surface area contributed by atoms with Gasteiger partial charge in [-0.1, -0.05) is 18.2 Å². The number of nitrogens with zero attached hydrogens (tertiary/aromatic N) is 1. The first kappa shape index (κ1) is 22.3. The molecule has 0 unspecified atom stereocenters. The lowest BCUT2D eigenvalue weighted by molar-refractivity contribution is 0.174. The van der Waals surface area contributed by atoms with Crippen molar-refractivity contribution in [2.45, 2.75) is 39.8 Å². The number of guanidine groups is 1. The minimum atomic E-state index is -0.207. The first-order chi connectivity index (χ1) is 15.0. The zero-order valence-corrected chi connectivity index (χ0v) is 18.3. The lowest BCUT2D eigenvalue weighted by Gasteiger charge is -2.12. The van der Waals surface area contributed by atoms with Crippen molar-refractivity contribution < 1.29 is 14.3 Å². The van der Waals surface area contributed by atoms with Gasteiger partial charge in [-0.15, -0.1) is 0 Å². The molecule has 1 aliphatic rings. The van der Waals surface area contributed by atoms with Crippen LogP contribution in [-0.2, 0) is 13.0 Å². The summed E-state index contributed by atoms with van der Waals surface area (Å²) in [5.74, 6) is 2.37. The average Bonchev–Trinajstić information content (AvgIpc) is 3.20. The highest BCUT2D eigenvalue weighted by atomic mass is 16.7. The molecule has 2 aromatic rings. The predicted molar refractivity (Wildman–Crippen MR) is 123 cm³/mol. The molecular weight excluding hydrogens is 394 g/mol. The van der Waals surface area contributed by atoms with E-state index in [1.165, 1.54) is 5.56 Å². The van der Waals surface area contributed by atoms with Gasteiger partial charge in [-0.3, -0.25) is 0 Å². The summed E-state index contributed by atoms with van der Waals surface area (Å²) < 4.78 is 10.8. The molecule has 1 heterocycles. The second-order valence-electron chi connectivity index (χ2n) is 7.51. The van der Waals surface area contributed by atoms with Crippen LogP contribution in [0.5, 0.6) is 11.5 Å². The van der Waals surface area contributed by atoms with Crippen LogP contribution < -0.4 is 30.7 Å². The van der Waals surface area contributed by atoms with Gasteiger partial charge in [0, 0.05) is 24.8 Å². The molecule has 2 aromatic carbocycles. The molecule has 8 heteroatoms. The topological polar surface area (TPSA) is 96.0 Å². The van der Waals surface area contributed by atoms with Gasteiger partial charge in [-0.05, 0) is 62.6 Å². The van der Waals surface area contributed by atoms with Crippen molar-refractivity contribution in [1.82, 2.24) is 16.0 Å². The van der Waals surface area contributed by atoms with Gasteiger partial charge in [-0.25, -0.2) is 9.79 Å². The largest absolute Gasteiger partial charge is 0.454 e. The molecule has 0 spiro atoms. The van der Waals surface area contributed by atoms with Crippen molar-refractivity contribution in [3.63, 3.8) is 0 Å². The normalized spacial score (nSPS) is 12.6. The van der Waals surface area contributed by atoms with Crippen LogP contribution in [0.3, 0.4) is 0 Å². The zero-order chi connectivity index (χ0) is 22.1. The molecule has 0 fully saturated rings. The minimum Gasteiger partial charge on any atom is -0.454 e. The predicted octanol–water partition coefficient (Wildman–Crippen LogP) is 3.24. The molecule has 8 nitrogen and oxygen atoms in total. The third kappa shape index (κ3) is 7.09. The summed E-state index contributed by atoms with van der Waals surface area (Å²) in [6, 6.07) is 13.6. The van der Waals surface area contributed by atoms with Gasteiger partial charge in [0.05, 0.1) is 6.54 Å². The van der Waals surface area contributed by atoms with Gasteiger partial charge < -0.3 is 30.7 Å². The van der Waals surface area contributed by atoms with Crippen LogP contribution in [0.2, 0.25) is 0 Å². The lowest BCUT2D eigenvalue weighted by atomic mass is 10.1. The van der Waals surface area contributed by atoms with E-state index in [0.717, 1.165) is 48.2 Å². The number of hydrogen-bond donors (Lipinski definition) is 4. The fraction of sp³-hybridized carbons (Fsp3) is 0.391. The number of hydrogen-bond acceptors (Lipinski definition) is 4. The van der Waals surface area contributed by atoms with Crippen LogP contribution in [0, 0.1) is 0 Å². The minimum absolute atomic E-state index is 0.0932. The maximum atomic E-state index is 11.8. The third-order valence-electron chi connectivity index (χ3n) is 4.54. The summed E-state index contributed by atoms with van der Waals surface area (Å²) in [7, 11) is 0. The number of nitrogens with one attached hydrogen (secondary N) is 4. The quantitative estimate of drug-likeness (QED) is 0.385. The molecule has 1 aliphatic heterocycles. The van der Waals surface area contributed by atoms with E-state index in [1.54, 1.807) is 0 Å². The Balaban J connectivity index is 1.49. The Morgan fingerprint density at radius 3 is 2.52 bits per heavy atom. The fourth-order valence-electron chi connectivity index (χ4n) is 3.06. The van der Waals surface area contributed by atoms with Crippen LogP contribution in [0.4, 0.5) is 10.5 Å². The van der Waals surface area contributed by atoms with E-state index in [4.69, 9.17) is 9.47 Å². The summed E-state index contributed by atoms with van der Waals surface area (Å²) in [4.78, 5) is 16.4. The van der Waals surface area contributed by atoms with E-state index < -0.39 is 0 Å². The Morgan fingerprint density at radius 2 is 1.77 bits per heavy atom. The molecule has 4 N–H and O–H groups in total. The first-order valence-corrected chi connectivity index (χ1v) is 10.6. The molecule has 166 valence electrons. The summed E-state index contributed by atoms with van der Waals surface area (Å²) in [5, 5.41) is 12.2. The van der Waals surface area contributed by atoms with Crippen LogP contribution in [0.15, 0.2) is 47.5 Å². The standard InChI is InChI=1S/C23H31N5O3/c1-4-24-22(25-12-11-17-7-10-20-21(13-17)31-15-30-20)26-14-18-5-8-19(9-6-18)28-23(29)27-16(2)3/h5-10,13,16H,4,11-12,14-15H2,1-3H3,(H2,24,25,26)(H2,27,28,29). The number of urea groups is 1. The SMILES string of the molecule is CCNC(=NCc1ccc(NC(=O)NC(C)C)cc1)NCCc1ccc2c(c1)OCO2. The summed E-state index contributed by atoms with van der Waals surface area (Å²) in [5.41, 5.74) is 2.99. The van der Waals surface area contributed by atoms with Gasteiger partial charge in [0.15, 0.2) is 17.5 Å². The Hall–Kier alpha value is -3.42. The number of anilines is 1. The number of amides is 2. The number of ether oxygens (including phenoxy) is 2. The number of fused-ring (bicyclic) bond motifs is 1. The molecule has 0 saturated heterocycles. The van der Waals surface area contributed by atoms with Crippen LogP contribution in [-0.4, -0.2) is 37.9 Å². The van der Waals surface area contributed by atoms with E-state index in [0.29, 0.717) is 6.54 Å². The van der Waals surface area contributed by atoms with E-state index in [-0.39, 0.29) is 18.9 Å². The Kier molecular flexibility index (Phi) is 7.98. The highest BCUT2D eigenvalue weighted by molar-refractivity contribution is 5.89. The van der Waals surface area contributed by atoms with Gasteiger partial charge >= 0.3 is 6.03 Å².